The molecular weight excluding hydrogens is 369 g/mol. The lowest BCUT2D eigenvalue weighted by molar-refractivity contribution is -0.128. The van der Waals surface area contributed by atoms with Crippen LogP contribution in [0.25, 0.3) is 0 Å². The first-order valence-corrected chi connectivity index (χ1v) is 9.23. The second-order valence-electron chi connectivity index (χ2n) is 7.16. The number of thiophene rings is 1. The Labute approximate surface area is 161 Å². The van der Waals surface area contributed by atoms with Crippen molar-refractivity contribution in [3.8, 4) is 0 Å². The van der Waals surface area contributed by atoms with Crippen LogP contribution in [0.5, 0.6) is 0 Å². The van der Waals surface area contributed by atoms with Gasteiger partial charge in [-0.2, -0.15) is 0 Å². The van der Waals surface area contributed by atoms with Gasteiger partial charge < -0.3 is 10.1 Å². The minimum absolute atomic E-state index is 0.0580. The summed E-state index contributed by atoms with van der Waals surface area (Å²) in [6.07, 6.45) is 0. The summed E-state index contributed by atoms with van der Waals surface area (Å²) in [6, 6.07) is 7.39. The smallest absolute Gasteiger partial charge is 0.338 e. The van der Waals surface area contributed by atoms with Crippen LogP contribution in [0, 0.1) is 18.2 Å². The predicted octanol–water partition coefficient (Wildman–Crippen LogP) is 3.90. The zero-order valence-electron chi connectivity index (χ0n) is 15.7. The fourth-order valence-corrected chi connectivity index (χ4v) is 2.93. The summed E-state index contributed by atoms with van der Waals surface area (Å²) in [5.41, 5.74) is -0.00511. The molecule has 144 valence electrons. The van der Waals surface area contributed by atoms with Crippen molar-refractivity contribution in [2.24, 2.45) is 5.41 Å². The number of Topliss-reactive ketones (excluding diaryl/α,β-unsaturated/α-hetero) is 1. The van der Waals surface area contributed by atoms with E-state index < -0.39 is 23.8 Å². The molecule has 0 unspecified atom stereocenters. The van der Waals surface area contributed by atoms with Gasteiger partial charge in [-0.05, 0) is 36.8 Å². The number of aryl methyl sites for hydroxylation is 1. The Bertz CT molecular complexity index is 867. The maximum atomic E-state index is 13.5. The number of hydrogen-bond donors (Lipinski definition) is 1. The zero-order chi connectivity index (χ0) is 20.2. The number of amides is 1. The molecule has 0 saturated carbocycles. The van der Waals surface area contributed by atoms with E-state index in [1.54, 1.807) is 19.1 Å². The van der Waals surface area contributed by atoms with Gasteiger partial charge >= 0.3 is 5.97 Å². The van der Waals surface area contributed by atoms with Crippen LogP contribution in [-0.2, 0) is 16.1 Å². The molecule has 2 rings (SSSR count). The first kappa shape index (κ1) is 20.8. The van der Waals surface area contributed by atoms with Gasteiger partial charge in [0.1, 0.15) is 5.82 Å². The standard InChI is InChI=1S/C20H22FNO4S/c1-12-5-6-13(9-15(12)21)18(24)26-11-16(23)17-8-7-14(27-17)10-22-19(25)20(2,3)4/h5-9H,10-11H2,1-4H3,(H,22,25). The summed E-state index contributed by atoms with van der Waals surface area (Å²) in [5, 5.41) is 2.81. The molecule has 0 fully saturated rings. The van der Waals surface area contributed by atoms with E-state index in [2.05, 4.69) is 5.32 Å². The van der Waals surface area contributed by atoms with Crippen LogP contribution < -0.4 is 5.32 Å². The minimum atomic E-state index is -0.753. The number of nitrogens with one attached hydrogen (secondary N) is 1. The third kappa shape index (κ3) is 5.72. The van der Waals surface area contributed by atoms with E-state index in [0.717, 1.165) is 10.9 Å². The van der Waals surface area contributed by atoms with Gasteiger partial charge in [-0.1, -0.05) is 26.8 Å². The Hall–Kier alpha value is -2.54. The molecule has 27 heavy (non-hydrogen) atoms. The van der Waals surface area contributed by atoms with Gasteiger partial charge in [0.2, 0.25) is 11.7 Å². The average Bonchev–Trinajstić information content (AvgIpc) is 3.07. The molecule has 0 aliphatic rings. The monoisotopic (exact) mass is 391 g/mol. The van der Waals surface area contributed by atoms with Crippen LogP contribution in [-0.4, -0.2) is 24.3 Å². The van der Waals surface area contributed by atoms with Crippen molar-refractivity contribution < 1.29 is 23.5 Å². The summed E-state index contributed by atoms with van der Waals surface area (Å²) in [4.78, 5) is 37.2. The molecule has 1 heterocycles. The molecule has 0 radical (unpaired) electrons. The average molecular weight is 391 g/mol. The predicted molar refractivity (Wildman–Crippen MR) is 101 cm³/mol. The second kappa shape index (κ2) is 8.43. The third-order valence-corrected chi connectivity index (χ3v) is 4.91. The summed E-state index contributed by atoms with van der Waals surface area (Å²) < 4.78 is 18.5. The molecule has 0 spiro atoms. The van der Waals surface area contributed by atoms with Crippen molar-refractivity contribution in [3.63, 3.8) is 0 Å². The molecule has 0 saturated heterocycles. The maximum Gasteiger partial charge on any atom is 0.338 e. The zero-order valence-corrected chi connectivity index (χ0v) is 16.5. The molecule has 0 aliphatic carbocycles. The molecular formula is C20H22FNO4S. The third-order valence-electron chi connectivity index (χ3n) is 3.78. The van der Waals surface area contributed by atoms with Crippen molar-refractivity contribution in [2.75, 3.05) is 6.61 Å². The number of ketones is 1. The number of benzene rings is 1. The Morgan fingerprint density at radius 2 is 1.85 bits per heavy atom. The lowest BCUT2D eigenvalue weighted by Gasteiger charge is -2.17. The lowest BCUT2D eigenvalue weighted by Crippen LogP contribution is -2.34. The number of rotatable bonds is 6. The Kier molecular flexibility index (Phi) is 6.49. The Morgan fingerprint density at radius 3 is 2.48 bits per heavy atom. The molecule has 0 aliphatic heterocycles. The topological polar surface area (TPSA) is 72.5 Å². The molecule has 0 bridgehead atoms. The van der Waals surface area contributed by atoms with E-state index in [0.29, 0.717) is 17.0 Å². The molecule has 5 nitrogen and oxygen atoms in total. The van der Waals surface area contributed by atoms with Gasteiger partial charge in [0.15, 0.2) is 6.61 Å². The number of ether oxygens (including phenoxy) is 1. The molecule has 1 aromatic heterocycles. The first-order valence-electron chi connectivity index (χ1n) is 8.41. The maximum absolute atomic E-state index is 13.5. The van der Waals surface area contributed by atoms with Crippen LogP contribution in [0.3, 0.4) is 0 Å². The van der Waals surface area contributed by atoms with Gasteiger partial charge in [-0.3, -0.25) is 9.59 Å². The van der Waals surface area contributed by atoms with Crippen molar-refractivity contribution in [2.45, 2.75) is 34.2 Å². The number of esters is 1. The van der Waals surface area contributed by atoms with Crippen molar-refractivity contribution in [3.05, 3.63) is 57.0 Å². The summed E-state index contributed by atoms with van der Waals surface area (Å²) >= 11 is 1.23. The van der Waals surface area contributed by atoms with Gasteiger partial charge in [0.05, 0.1) is 17.0 Å². The highest BCUT2D eigenvalue weighted by molar-refractivity contribution is 7.14. The number of hydrogen-bond acceptors (Lipinski definition) is 5. The van der Waals surface area contributed by atoms with E-state index in [-0.39, 0.29) is 17.3 Å². The highest BCUT2D eigenvalue weighted by atomic mass is 32.1. The number of carbonyl (C=O) groups excluding carboxylic acids is 3. The van der Waals surface area contributed by atoms with E-state index in [1.165, 1.54) is 23.5 Å². The van der Waals surface area contributed by atoms with Crippen LogP contribution in [0.4, 0.5) is 4.39 Å². The van der Waals surface area contributed by atoms with Crippen molar-refractivity contribution in [1.29, 1.82) is 0 Å². The van der Waals surface area contributed by atoms with Crippen molar-refractivity contribution >= 4 is 29.0 Å². The van der Waals surface area contributed by atoms with Gasteiger partial charge in [0, 0.05) is 10.3 Å². The summed E-state index contributed by atoms with van der Waals surface area (Å²) in [6.45, 7) is 6.95. The number of halogens is 1. The largest absolute Gasteiger partial charge is 0.454 e. The van der Waals surface area contributed by atoms with Gasteiger partial charge in [-0.15, -0.1) is 11.3 Å². The Morgan fingerprint density at radius 1 is 1.15 bits per heavy atom. The van der Waals surface area contributed by atoms with Crippen LogP contribution in [0.2, 0.25) is 0 Å². The SMILES string of the molecule is Cc1ccc(C(=O)OCC(=O)c2ccc(CNC(=O)C(C)(C)C)s2)cc1F. The fraction of sp³-hybridized carbons (Fsp3) is 0.350. The molecule has 1 N–H and O–H groups in total. The van der Waals surface area contributed by atoms with E-state index in [9.17, 15) is 18.8 Å². The fourth-order valence-electron chi connectivity index (χ4n) is 2.06. The van der Waals surface area contributed by atoms with E-state index >= 15 is 0 Å². The second-order valence-corrected chi connectivity index (χ2v) is 8.33. The molecule has 0 atom stereocenters. The summed E-state index contributed by atoms with van der Waals surface area (Å²) in [7, 11) is 0. The highest BCUT2D eigenvalue weighted by Gasteiger charge is 2.21. The van der Waals surface area contributed by atoms with Crippen LogP contribution in [0.1, 0.15) is 51.2 Å². The van der Waals surface area contributed by atoms with Crippen LogP contribution >= 0.6 is 11.3 Å². The number of carbonyl (C=O) groups is 3. The molecule has 1 aromatic carbocycles. The molecule has 7 heteroatoms. The summed E-state index contributed by atoms with van der Waals surface area (Å²) in [5.74, 6) is -1.69. The lowest BCUT2D eigenvalue weighted by atomic mass is 9.96. The van der Waals surface area contributed by atoms with Gasteiger partial charge in [0.25, 0.3) is 0 Å². The van der Waals surface area contributed by atoms with E-state index in [1.807, 2.05) is 20.8 Å². The molecule has 2 aromatic rings. The highest BCUT2D eigenvalue weighted by Crippen LogP contribution is 2.19. The normalized spacial score (nSPS) is 11.1. The minimum Gasteiger partial charge on any atom is -0.454 e. The van der Waals surface area contributed by atoms with Crippen LogP contribution in [0.15, 0.2) is 30.3 Å². The van der Waals surface area contributed by atoms with Gasteiger partial charge in [-0.25, -0.2) is 9.18 Å². The van der Waals surface area contributed by atoms with Crippen molar-refractivity contribution in [1.82, 2.24) is 5.32 Å². The Balaban J connectivity index is 1.89. The first-order chi connectivity index (χ1) is 12.6. The molecule has 1 amide bonds. The van der Waals surface area contributed by atoms with E-state index in [4.69, 9.17) is 4.74 Å². The quantitative estimate of drug-likeness (QED) is 0.599.